The number of hydrogen-bond donors (Lipinski definition) is 1. The minimum absolute atomic E-state index is 0.0820. The maximum absolute atomic E-state index is 13.0. The van der Waals surface area contributed by atoms with Crippen LogP contribution in [0, 0.1) is 0 Å². The molecule has 24 heavy (non-hydrogen) atoms. The number of carboxylic acid groups (broad SMARTS) is 1. The van der Waals surface area contributed by atoms with Gasteiger partial charge in [-0.25, -0.2) is 9.97 Å². The van der Waals surface area contributed by atoms with Crippen LogP contribution < -0.4 is 4.74 Å². The van der Waals surface area contributed by atoms with Crippen LogP contribution in [0.1, 0.15) is 12.1 Å². The molecule has 128 valence electrons. The van der Waals surface area contributed by atoms with Crippen LogP contribution in [-0.2, 0) is 11.0 Å². The van der Waals surface area contributed by atoms with Crippen LogP contribution in [0.4, 0.5) is 13.2 Å². The second-order valence-corrected chi connectivity index (χ2v) is 5.70. The quantitative estimate of drug-likeness (QED) is 0.626. The van der Waals surface area contributed by atoms with Crippen LogP contribution in [0.3, 0.4) is 0 Å². The van der Waals surface area contributed by atoms with E-state index in [-0.39, 0.29) is 23.0 Å². The minimum atomic E-state index is -4.62. The molecule has 0 saturated heterocycles. The molecule has 0 bridgehead atoms. The van der Waals surface area contributed by atoms with E-state index in [0.29, 0.717) is 11.3 Å². The van der Waals surface area contributed by atoms with E-state index in [0.717, 1.165) is 17.8 Å². The van der Waals surface area contributed by atoms with Gasteiger partial charge >= 0.3 is 12.1 Å². The number of ether oxygens (including phenoxy) is 1. The molecule has 0 fully saturated rings. The molecule has 0 aliphatic heterocycles. The molecule has 2 aromatic rings. The van der Waals surface area contributed by atoms with Crippen molar-refractivity contribution in [3.05, 3.63) is 36.0 Å². The number of carboxylic acids is 1. The van der Waals surface area contributed by atoms with Gasteiger partial charge in [-0.15, -0.1) is 0 Å². The van der Waals surface area contributed by atoms with E-state index in [1.54, 1.807) is 24.3 Å². The van der Waals surface area contributed by atoms with E-state index in [9.17, 15) is 18.0 Å². The molecule has 0 spiro atoms. The maximum Gasteiger partial charge on any atom is 0.433 e. The molecule has 0 aliphatic carbocycles. The molecule has 0 amide bonds. The van der Waals surface area contributed by atoms with Crippen molar-refractivity contribution in [2.45, 2.75) is 17.8 Å². The Bertz CT molecular complexity index is 721. The number of thioether (sulfide) groups is 1. The summed E-state index contributed by atoms with van der Waals surface area (Å²) in [5.74, 6) is -0.386. The summed E-state index contributed by atoms with van der Waals surface area (Å²) < 4.78 is 44.1. The number of carbonyl (C=O) groups is 1. The van der Waals surface area contributed by atoms with E-state index < -0.39 is 17.8 Å². The SMILES string of the molecule is COc1ccc(-c2cc(C(F)(F)F)nc(SCCC(=O)O)n2)cc1. The summed E-state index contributed by atoms with van der Waals surface area (Å²) in [7, 11) is 1.48. The maximum atomic E-state index is 13.0. The average Bonchev–Trinajstić information content (AvgIpc) is 2.53. The largest absolute Gasteiger partial charge is 0.497 e. The fourth-order valence-electron chi connectivity index (χ4n) is 1.77. The van der Waals surface area contributed by atoms with Gasteiger partial charge in [0.05, 0.1) is 19.2 Å². The molecule has 2 rings (SSSR count). The van der Waals surface area contributed by atoms with Crippen LogP contribution in [0.15, 0.2) is 35.5 Å². The predicted octanol–water partition coefficient (Wildman–Crippen LogP) is 3.74. The summed E-state index contributed by atoms with van der Waals surface area (Å²) in [6, 6.07) is 7.27. The van der Waals surface area contributed by atoms with Gasteiger partial charge in [0.2, 0.25) is 0 Å². The Morgan fingerprint density at radius 3 is 2.46 bits per heavy atom. The monoisotopic (exact) mass is 358 g/mol. The summed E-state index contributed by atoms with van der Waals surface area (Å²) in [4.78, 5) is 18.1. The molecule has 1 heterocycles. The number of aromatic nitrogens is 2. The first-order chi connectivity index (χ1) is 11.3. The standard InChI is InChI=1S/C15H13F3N2O3S/c1-23-10-4-2-9(3-5-10)11-8-12(15(16,17)18)20-14(19-11)24-7-6-13(21)22/h2-5,8H,6-7H2,1H3,(H,21,22). The second kappa shape index (κ2) is 7.52. The van der Waals surface area contributed by atoms with Crippen molar-refractivity contribution in [3.8, 4) is 17.0 Å². The first-order valence-electron chi connectivity index (χ1n) is 6.75. The van der Waals surface area contributed by atoms with Gasteiger partial charge in [-0.3, -0.25) is 4.79 Å². The third-order valence-electron chi connectivity index (χ3n) is 2.93. The molecule has 0 aliphatic rings. The lowest BCUT2D eigenvalue weighted by atomic mass is 10.1. The van der Waals surface area contributed by atoms with Crippen molar-refractivity contribution >= 4 is 17.7 Å². The minimum Gasteiger partial charge on any atom is -0.497 e. The van der Waals surface area contributed by atoms with E-state index in [4.69, 9.17) is 9.84 Å². The van der Waals surface area contributed by atoms with Gasteiger partial charge in [0.15, 0.2) is 5.16 Å². The normalized spacial score (nSPS) is 11.3. The van der Waals surface area contributed by atoms with Gasteiger partial charge in [-0.1, -0.05) is 11.8 Å². The van der Waals surface area contributed by atoms with Gasteiger partial charge in [-0.05, 0) is 30.3 Å². The average molecular weight is 358 g/mol. The molecule has 1 aromatic carbocycles. The molecule has 1 aromatic heterocycles. The third kappa shape index (κ3) is 4.85. The molecular weight excluding hydrogens is 345 g/mol. The highest BCUT2D eigenvalue weighted by atomic mass is 32.2. The summed E-state index contributed by atoms with van der Waals surface area (Å²) in [5.41, 5.74) is -0.484. The number of methoxy groups -OCH3 is 1. The highest BCUT2D eigenvalue weighted by Crippen LogP contribution is 2.32. The van der Waals surface area contributed by atoms with Crippen molar-refractivity contribution in [2.24, 2.45) is 0 Å². The molecule has 0 atom stereocenters. The lowest BCUT2D eigenvalue weighted by Crippen LogP contribution is -2.10. The van der Waals surface area contributed by atoms with Gasteiger partial charge in [0, 0.05) is 11.3 Å². The lowest BCUT2D eigenvalue weighted by molar-refractivity contribution is -0.141. The molecule has 0 unspecified atom stereocenters. The zero-order valence-electron chi connectivity index (χ0n) is 12.5. The van der Waals surface area contributed by atoms with Crippen molar-refractivity contribution < 1.29 is 27.8 Å². The summed E-state index contributed by atoms with van der Waals surface area (Å²) in [6.45, 7) is 0. The number of nitrogens with zero attached hydrogens (tertiary/aromatic N) is 2. The molecule has 5 nitrogen and oxygen atoms in total. The molecular formula is C15H13F3N2O3S. The predicted molar refractivity (Wildman–Crippen MR) is 82.0 cm³/mol. The molecule has 0 saturated carbocycles. The fourth-order valence-corrected chi connectivity index (χ4v) is 2.56. The summed E-state index contributed by atoms with van der Waals surface area (Å²) >= 11 is 0.868. The fraction of sp³-hybridized carbons (Fsp3) is 0.267. The summed E-state index contributed by atoms with van der Waals surface area (Å²) in [6.07, 6.45) is -4.81. The Labute approximate surface area is 139 Å². The van der Waals surface area contributed by atoms with Crippen LogP contribution in [0.2, 0.25) is 0 Å². The zero-order valence-corrected chi connectivity index (χ0v) is 13.3. The number of halogens is 3. The lowest BCUT2D eigenvalue weighted by Gasteiger charge is -2.10. The Balaban J connectivity index is 2.36. The Hall–Kier alpha value is -2.29. The van der Waals surface area contributed by atoms with E-state index in [1.807, 2.05) is 0 Å². The molecule has 0 radical (unpaired) electrons. The second-order valence-electron chi connectivity index (χ2n) is 4.64. The van der Waals surface area contributed by atoms with Crippen LogP contribution >= 0.6 is 11.8 Å². The van der Waals surface area contributed by atoms with Gasteiger partial charge < -0.3 is 9.84 Å². The van der Waals surface area contributed by atoms with E-state index in [1.165, 1.54) is 7.11 Å². The number of aliphatic carboxylic acids is 1. The highest BCUT2D eigenvalue weighted by molar-refractivity contribution is 7.99. The van der Waals surface area contributed by atoms with Crippen LogP contribution in [0.25, 0.3) is 11.3 Å². The van der Waals surface area contributed by atoms with Crippen molar-refractivity contribution in [1.29, 1.82) is 0 Å². The Morgan fingerprint density at radius 1 is 1.25 bits per heavy atom. The zero-order chi connectivity index (χ0) is 17.7. The number of rotatable bonds is 6. The van der Waals surface area contributed by atoms with E-state index in [2.05, 4.69) is 9.97 Å². The number of benzene rings is 1. The van der Waals surface area contributed by atoms with Crippen molar-refractivity contribution in [1.82, 2.24) is 9.97 Å². The van der Waals surface area contributed by atoms with Gasteiger partial charge in [0.1, 0.15) is 11.4 Å². The topological polar surface area (TPSA) is 72.3 Å². The number of hydrogen-bond acceptors (Lipinski definition) is 5. The Kier molecular flexibility index (Phi) is 5.66. The smallest absolute Gasteiger partial charge is 0.433 e. The molecule has 9 heteroatoms. The van der Waals surface area contributed by atoms with Crippen molar-refractivity contribution in [3.63, 3.8) is 0 Å². The van der Waals surface area contributed by atoms with Gasteiger partial charge in [-0.2, -0.15) is 13.2 Å². The van der Waals surface area contributed by atoms with Gasteiger partial charge in [0.25, 0.3) is 0 Å². The van der Waals surface area contributed by atoms with E-state index >= 15 is 0 Å². The first kappa shape index (κ1) is 18.1. The van der Waals surface area contributed by atoms with Crippen LogP contribution in [0.5, 0.6) is 5.75 Å². The van der Waals surface area contributed by atoms with Crippen LogP contribution in [-0.4, -0.2) is 33.9 Å². The molecule has 1 N–H and O–H groups in total. The third-order valence-corrected chi connectivity index (χ3v) is 3.78. The number of alkyl halides is 3. The Morgan fingerprint density at radius 2 is 1.92 bits per heavy atom. The first-order valence-corrected chi connectivity index (χ1v) is 7.73. The summed E-state index contributed by atoms with van der Waals surface area (Å²) in [5, 5.41) is 8.50. The van der Waals surface area contributed by atoms with Crippen molar-refractivity contribution in [2.75, 3.05) is 12.9 Å². The highest BCUT2D eigenvalue weighted by Gasteiger charge is 2.33.